The molecule has 3 N–H and O–H groups in total. The Hall–Kier alpha value is -2.32. The SMILES string of the molecule is COc1cnc2ccc(F)c(C(O)CC[C@@H]3CCNC[C@@H]3C(=O)O)c2n1. The number of aliphatic carboxylic acids is 1. The lowest BCUT2D eigenvalue weighted by Gasteiger charge is -2.30. The number of carboxylic acids is 1. The first-order valence-corrected chi connectivity index (χ1v) is 8.62. The molecule has 0 aliphatic carbocycles. The first kappa shape index (κ1) is 18.5. The minimum absolute atomic E-state index is 0.0537. The molecular formula is C18H22FN3O4. The quantitative estimate of drug-likeness (QED) is 0.720. The Morgan fingerprint density at radius 1 is 1.50 bits per heavy atom. The highest BCUT2D eigenvalue weighted by molar-refractivity contribution is 5.79. The van der Waals surface area contributed by atoms with Gasteiger partial charge < -0.3 is 20.3 Å². The number of rotatable bonds is 6. The van der Waals surface area contributed by atoms with Crippen LogP contribution in [0, 0.1) is 17.7 Å². The molecule has 1 aliphatic rings. The Balaban J connectivity index is 1.82. The zero-order valence-corrected chi connectivity index (χ0v) is 14.5. The molecule has 8 heteroatoms. The molecule has 1 unspecified atom stereocenters. The van der Waals surface area contributed by atoms with Crippen LogP contribution in [0.15, 0.2) is 18.3 Å². The van der Waals surface area contributed by atoms with Gasteiger partial charge in [-0.3, -0.25) is 4.79 Å². The van der Waals surface area contributed by atoms with E-state index in [0.717, 1.165) is 13.0 Å². The summed E-state index contributed by atoms with van der Waals surface area (Å²) >= 11 is 0. The third kappa shape index (κ3) is 3.76. The Labute approximate surface area is 150 Å². The Bertz CT molecular complexity index is 801. The number of carbonyl (C=O) groups is 1. The molecule has 0 spiro atoms. The largest absolute Gasteiger partial charge is 0.481 e. The second-order valence-electron chi connectivity index (χ2n) is 6.53. The van der Waals surface area contributed by atoms with Crippen molar-refractivity contribution in [3.05, 3.63) is 29.7 Å². The van der Waals surface area contributed by atoms with E-state index in [2.05, 4.69) is 15.3 Å². The number of hydrogen-bond acceptors (Lipinski definition) is 6. The number of aliphatic hydroxyl groups excluding tert-OH is 1. The molecule has 7 nitrogen and oxygen atoms in total. The number of ether oxygens (including phenoxy) is 1. The molecule has 2 aromatic rings. The molecule has 0 radical (unpaired) electrons. The standard InChI is InChI=1S/C18H22FN3O4/c1-26-15-9-21-13-4-3-12(19)16(17(13)22-15)14(23)5-2-10-6-7-20-8-11(10)18(24)25/h3-4,9-11,14,20,23H,2,5-8H2,1H3,(H,24,25)/t10-,11+,14?/m1/s1. The predicted octanol–water partition coefficient (Wildman–Crippen LogP) is 1.90. The smallest absolute Gasteiger partial charge is 0.308 e. The van der Waals surface area contributed by atoms with Crippen LogP contribution in [0.2, 0.25) is 0 Å². The van der Waals surface area contributed by atoms with Gasteiger partial charge in [0.15, 0.2) is 0 Å². The molecular weight excluding hydrogens is 341 g/mol. The number of fused-ring (bicyclic) bond motifs is 1. The number of aliphatic hydroxyl groups is 1. The zero-order valence-electron chi connectivity index (χ0n) is 14.5. The van der Waals surface area contributed by atoms with Crippen LogP contribution < -0.4 is 10.1 Å². The van der Waals surface area contributed by atoms with Gasteiger partial charge in [-0.15, -0.1) is 0 Å². The average molecular weight is 363 g/mol. The van der Waals surface area contributed by atoms with Crippen molar-refractivity contribution in [2.75, 3.05) is 20.2 Å². The summed E-state index contributed by atoms with van der Waals surface area (Å²) in [4.78, 5) is 19.8. The average Bonchev–Trinajstić information content (AvgIpc) is 2.65. The lowest BCUT2D eigenvalue weighted by atomic mass is 9.82. The maximum absolute atomic E-state index is 14.4. The number of aromatic nitrogens is 2. The van der Waals surface area contributed by atoms with Crippen molar-refractivity contribution in [2.45, 2.75) is 25.4 Å². The van der Waals surface area contributed by atoms with Gasteiger partial charge in [0.1, 0.15) is 11.3 Å². The van der Waals surface area contributed by atoms with Gasteiger partial charge in [-0.1, -0.05) is 0 Å². The number of nitrogens with zero attached hydrogens (tertiary/aromatic N) is 2. The van der Waals surface area contributed by atoms with Gasteiger partial charge in [0, 0.05) is 12.1 Å². The first-order valence-electron chi connectivity index (χ1n) is 8.62. The van der Waals surface area contributed by atoms with E-state index < -0.39 is 23.8 Å². The van der Waals surface area contributed by atoms with Crippen molar-refractivity contribution in [3.8, 4) is 5.88 Å². The second-order valence-corrected chi connectivity index (χ2v) is 6.53. The normalized spacial score (nSPS) is 21.5. The van der Waals surface area contributed by atoms with E-state index in [1.54, 1.807) is 0 Å². The van der Waals surface area contributed by atoms with Crippen LogP contribution in [0.4, 0.5) is 4.39 Å². The highest BCUT2D eigenvalue weighted by atomic mass is 19.1. The lowest BCUT2D eigenvalue weighted by Crippen LogP contribution is -2.40. The minimum Gasteiger partial charge on any atom is -0.481 e. The van der Waals surface area contributed by atoms with Gasteiger partial charge in [0.25, 0.3) is 0 Å². The summed E-state index contributed by atoms with van der Waals surface area (Å²) in [7, 11) is 1.44. The minimum atomic E-state index is -1.09. The van der Waals surface area contributed by atoms with Crippen LogP contribution in [-0.2, 0) is 4.79 Å². The molecule has 140 valence electrons. The van der Waals surface area contributed by atoms with Crippen molar-refractivity contribution in [1.82, 2.24) is 15.3 Å². The number of methoxy groups -OCH3 is 1. The molecule has 1 saturated heterocycles. The molecule has 2 heterocycles. The van der Waals surface area contributed by atoms with Gasteiger partial charge >= 0.3 is 5.97 Å². The Kier molecular flexibility index (Phi) is 5.63. The second kappa shape index (κ2) is 7.92. The molecule has 1 fully saturated rings. The van der Waals surface area contributed by atoms with Gasteiger partial charge in [0.05, 0.1) is 30.8 Å². The van der Waals surface area contributed by atoms with Crippen molar-refractivity contribution in [2.24, 2.45) is 11.8 Å². The van der Waals surface area contributed by atoms with E-state index in [0.29, 0.717) is 18.5 Å². The molecule has 3 atom stereocenters. The van der Waals surface area contributed by atoms with Crippen molar-refractivity contribution in [3.63, 3.8) is 0 Å². The fourth-order valence-corrected chi connectivity index (χ4v) is 3.54. The summed E-state index contributed by atoms with van der Waals surface area (Å²) in [6.45, 7) is 1.16. The van der Waals surface area contributed by atoms with E-state index in [9.17, 15) is 19.4 Å². The monoisotopic (exact) mass is 363 g/mol. The fraction of sp³-hybridized carbons (Fsp3) is 0.500. The number of halogens is 1. The summed E-state index contributed by atoms with van der Waals surface area (Å²) in [6, 6.07) is 2.76. The van der Waals surface area contributed by atoms with Crippen LogP contribution in [0.1, 0.15) is 30.9 Å². The summed E-state index contributed by atoms with van der Waals surface area (Å²) in [6.07, 6.45) is 1.80. The molecule has 0 saturated carbocycles. The maximum atomic E-state index is 14.4. The van der Waals surface area contributed by atoms with Crippen LogP contribution >= 0.6 is 0 Å². The highest BCUT2D eigenvalue weighted by Crippen LogP contribution is 2.32. The van der Waals surface area contributed by atoms with Gasteiger partial charge in [-0.2, -0.15) is 0 Å². The van der Waals surface area contributed by atoms with Gasteiger partial charge in [-0.25, -0.2) is 14.4 Å². The van der Waals surface area contributed by atoms with Crippen LogP contribution in [0.5, 0.6) is 5.88 Å². The topological polar surface area (TPSA) is 105 Å². The van der Waals surface area contributed by atoms with Crippen molar-refractivity contribution in [1.29, 1.82) is 0 Å². The number of benzene rings is 1. The van der Waals surface area contributed by atoms with Crippen LogP contribution in [0.3, 0.4) is 0 Å². The third-order valence-corrected chi connectivity index (χ3v) is 4.97. The molecule has 0 bridgehead atoms. The molecule has 0 amide bonds. The van der Waals surface area contributed by atoms with Gasteiger partial charge in [0.2, 0.25) is 5.88 Å². The molecule has 1 aromatic heterocycles. The molecule has 26 heavy (non-hydrogen) atoms. The molecule has 1 aromatic carbocycles. The number of carboxylic acid groups (broad SMARTS) is 1. The Morgan fingerprint density at radius 3 is 3.04 bits per heavy atom. The predicted molar refractivity (Wildman–Crippen MR) is 92.3 cm³/mol. The maximum Gasteiger partial charge on any atom is 0.308 e. The van der Waals surface area contributed by atoms with Crippen LogP contribution in [0.25, 0.3) is 11.0 Å². The molecule has 3 rings (SSSR count). The van der Waals surface area contributed by atoms with Crippen molar-refractivity contribution >= 4 is 17.0 Å². The van der Waals surface area contributed by atoms with Gasteiger partial charge in [-0.05, 0) is 43.9 Å². The zero-order chi connectivity index (χ0) is 18.7. The van der Waals surface area contributed by atoms with Crippen molar-refractivity contribution < 1.29 is 24.1 Å². The summed E-state index contributed by atoms with van der Waals surface area (Å²) in [5.74, 6) is -1.72. The highest BCUT2D eigenvalue weighted by Gasteiger charge is 2.31. The number of nitrogens with one attached hydrogen (secondary N) is 1. The molecule has 1 aliphatic heterocycles. The van der Waals surface area contributed by atoms with E-state index in [1.165, 1.54) is 25.4 Å². The number of hydrogen-bond donors (Lipinski definition) is 3. The van der Waals surface area contributed by atoms with Crippen LogP contribution in [-0.4, -0.2) is 46.3 Å². The fourth-order valence-electron chi connectivity index (χ4n) is 3.54. The first-order chi connectivity index (χ1) is 12.5. The van der Waals surface area contributed by atoms with E-state index in [4.69, 9.17) is 4.74 Å². The lowest BCUT2D eigenvalue weighted by molar-refractivity contribution is -0.144. The van der Waals surface area contributed by atoms with E-state index in [-0.39, 0.29) is 29.3 Å². The summed E-state index contributed by atoms with van der Waals surface area (Å²) in [5, 5.41) is 23.0. The van der Waals surface area contributed by atoms with E-state index >= 15 is 0 Å². The number of piperidine rings is 1. The summed E-state index contributed by atoms with van der Waals surface area (Å²) < 4.78 is 19.4. The third-order valence-electron chi connectivity index (χ3n) is 4.97. The summed E-state index contributed by atoms with van der Waals surface area (Å²) in [5.41, 5.74) is 0.804. The Morgan fingerprint density at radius 2 is 2.31 bits per heavy atom. The van der Waals surface area contributed by atoms with E-state index in [1.807, 2.05) is 0 Å².